The highest BCUT2D eigenvalue weighted by atomic mass is 32.1. The number of carbonyl (C=O) groups is 2. The van der Waals surface area contributed by atoms with Crippen LogP contribution in [0.5, 0.6) is 5.75 Å². The lowest BCUT2D eigenvalue weighted by molar-refractivity contribution is -0.0906. The van der Waals surface area contributed by atoms with Gasteiger partial charge >= 0.3 is 5.97 Å². The number of carboxylic acid groups (broad SMARTS) is 1. The molecule has 1 fully saturated rings. The molecule has 0 saturated carbocycles. The Morgan fingerprint density at radius 3 is 2.56 bits per heavy atom. The fourth-order valence-corrected chi connectivity index (χ4v) is 5.14. The maximum absolute atomic E-state index is 12.8. The lowest BCUT2D eigenvalue weighted by Gasteiger charge is -2.43. The number of hydrogen-bond donors (Lipinski definition) is 1. The summed E-state index contributed by atoms with van der Waals surface area (Å²) in [6.07, 6.45) is 2.11. The monoisotopic (exact) mass is 387 g/mol. The topological polar surface area (TPSA) is 76.1 Å². The number of amides is 1. The number of aromatic carboxylic acids is 1. The number of thiophene rings is 1. The summed E-state index contributed by atoms with van der Waals surface area (Å²) in [7, 11) is 1.60. The summed E-state index contributed by atoms with van der Waals surface area (Å²) in [5, 5.41) is 9.31. The van der Waals surface area contributed by atoms with Gasteiger partial charge in [0.1, 0.15) is 16.2 Å². The molecule has 2 aliphatic rings. The molecular formula is C20H21NO5S. The van der Waals surface area contributed by atoms with Crippen molar-refractivity contribution in [1.82, 2.24) is 4.90 Å². The number of fused-ring (bicyclic) bond motifs is 2. The normalized spacial score (nSPS) is 18.2. The van der Waals surface area contributed by atoms with E-state index in [1.165, 1.54) is 11.3 Å². The minimum absolute atomic E-state index is 0.000871. The Labute approximate surface area is 161 Å². The van der Waals surface area contributed by atoms with Crippen molar-refractivity contribution in [2.75, 3.05) is 26.8 Å². The molecule has 1 spiro atoms. The molecule has 0 atom stereocenters. The van der Waals surface area contributed by atoms with E-state index in [0.717, 1.165) is 22.6 Å². The Morgan fingerprint density at radius 1 is 1.22 bits per heavy atom. The van der Waals surface area contributed by atoms with Gasteiger partial charge < -0.3 is 19.5 Å². The van der Waals surface area contributed by atoms with Gasteiger partial charge in [-0.1, -0.05) is 0 Å². The van der Waals surface area contributed by atoms with Gasteiger partial charge in [0.2, 0.25) is 0 Å². The Balaban J connectivity index is 1.50. The molecule has 1 N–H and O–H groups in total. The first-order valence-electron chi connectivity index (χ1n) is 8.96. The van der Waals surface area contributed by atoms with Crippen LogP contribution < -0.4 is 4.74 Å². The summed E-state index contributed by atoms with van der Waals surface area (Å²) in [6, 6.07) is 8.91. The third-order valence-electron chi connectivity index (χ3n) is 5.38. The lowest BCUT2D eigenvalue weighted by atomic mass is 9.85. The Hall–Kier alpha value is -2.38. The molecule has 1 amide bonds. The third-order valence-corrected chi connectivity index (χ3v) is 6.73. The van der Waals surface area contributed by atoms with Crippen molar-refractivity contribution < 1.29 is 24.2 Å². The van der Waals surface area contributed by atoms with Crippen LogP contribution in [0.15, 0.2) is 30.3 Å². The fourth-order valence-electron chi connectivity index (χ4n) is 3.89. The molecule has 0 radical (unpaired) electrons. The van der Waals surface area contributed by atoms with Gasteiger partial charge in [-0.3, -0.25) is 4.79 Å². The van der Waals surface area contributed by atoms with E-state index in [9.17, 15) is 14.7 Å². The maximum Gasteiger partial charge on any atom is 0.345 e. The van der Waals surface area contributed by atoms with E-state index in [-0.39, 0.29) is 5.91 Å². The molecule has 27 heavy (non-hydrogen) atoms. The van der Waals surface area contributed by atoms with E-state index in [1.807, 2.05) is 4.90 Å². The molecule has 1 saturated heterocycles. The number of hydrogen-bond acceptors (Lipinski definition) is 5. The quantitative estimate of drug-likeness (QED) is 0.876. The molecule has 0 aliphatic carbocycles. The third kappa shape index (κ3) is 3.21. The van der Waals surface area contributed by atoms with Crippen molar-refractivity contribution in [1.29, 1.82) is 0 Å². The number of ether oxygens (including phenoxy) is 2. The predicted octanol–water partition coefficient (Wildman–Crippen LogP) is 3.16. The van der Waals surface area contributed by atoms with Crippen LogP contribution in [0.2, 0.25) is 0 Å². The van der Waals surface area contributed by atoms with Gasteiger partial charge in [-0.05, 0) is 55.2 Å². The molecule has 6 nitrogen and oxygen atoms in total. The Morgan fingerprint density at radius 2 is 1.93 bits per heavy atom. The molecule has 7 heteroatoms. The second-order valence-corrected chi connectivity index (χ2v) is 7.94. The second-order valence-electron chi connectivity index (χ2n) is 6.88. The summed E-state index contributed by atoms with van der Waals surface area (Å²) < 4.78 is 11.3. The van der Waals surface area contributed by atoms with Crippen LogP contribution in [0.3, 0.4) is 0 Å². The lowest BCUT2D eigenvalue weighted by Crippen LogP contribution is -2.47. The molecule has 2 aliphatic heterocycles. The van der Waals surface area contributed by atoms with E-state index in [2.05, 4.69) is 0 Å². The van der Waals surface area contributed by atoms with Gasteiger partial charge in [-0.15, -0.1) is 11.3 Å². The van der Waals surface area contributed by atoms with Crippen molar-refractivity contribution in [2.45, 2.75) is 24.9 Å². The molecule has 3 heterocycles. The van der Waals surface area contributed by atoms with Crippen molar-refractivity contribution in [2.24, 2.45) is 0 Å². The average molecular weight is 387 g/mol. The number of methoxy groups -OCH3 is 1. The minimum Gasteiger partial charge on any atom is -0.497 e. The van der Waals surface area contributed by atoms with Crippen molar-refractivity contribution in [3.8, 4) is 5.75 Å². The van der Waals surface area contributed by atoms with Crippen molar-refractivity contribution in [3.63, 3.8) is 0 Å². The van der Waals surface area contributed by atoms with Crippen LogP contribution in [0, 0.1) is 0 Å². The molecule has 4 rings (SSSR count). The molecule has 0 bridgehead atoms. The van der Waals surface area contributed by atoms with Gasteiger partial charge in [0, 0.05) is 23.5 Å². The van der Waals surface area contributed by atoms with Gasteiger partial charge in [-0.25, -0.2) is 4.79 Å². The van der Waals surface area contributed by atoms with Crippen LogP contribution >= 0.6 is 11.3 Å². The predicted molar refractivity (Wildman–Crippen MR) is 101 cm³/mol. The van der Waals surface area contributed by atoms with Gasteiger partial charge in [0.05, 0.1) is 13.7 Å². The molecular weight excluding hydrogens is 366 g/mol. The number of rotatable bonds is 3. The highest BCUT2D eigenvalue weighted by molar-refractivity contribution is 7.14. The summed E-state index contributed by atoms with van der Waals surface area (Å²) in [6.45, 7) is 1.77. The van der Waals surface area contributed by atoms with E-state index in [1.54, 1.807) is 37.4 Å². The Bertz CT molecular complexity index is 865. The smallest absolute Gasteiger partial charge is 0.345 e. The number of carbonyl (C=O) groups excluding carboxylic acids is 1. The fraction of sp³-hybridized carbons (Fsp3) is 0.400. The zero-order valence-corrected chi connectivity index (χ0v) is 15.9. The number of nitrogens with zero attached hydrogens (tertiary/aromatic N) is 1. The molecule has 0 unspecified atom stereocenters. The highest BCUT2D eigenvalue weighted by Gasteiger charge is 2.43. The first kappa shape index (κ1) is 18.0. The van der Waals surface area contributed by atoms with Gasteiger partial charge in [-0.2, -0.15) is 0 Å². The molecule has 142 valence electrons. The SMILES string of the molecule is COc1ccc(C(=O)N2CCC3(CC2)OCCc2cc(C(=O)O)sc23)cc1. The van der Waals surface area contributed by atoms with E-state index >= 15 is 0 Å². The van der Waals surface area contributed by atoms with Gasteiger partial charge in [0.25, 0.3) is 5.91 Å². The van der Waals surface area contributed by atoms with Gasteiger partial charge in [0.15, 0.2) is 0 Å². The number of likely N-dealkylation sites (tertiary alicyclic amines) is 1. The Kier molecular flexibility index (Phi) is 4.65. The standard InChI is InChI=1S/C20H21NO5S/c1-25-15-4-2-13(3-5-15)18(22)21-9-7-20(8-10-21)17-14(6-11-26-20)12-16(27-17)19(23)24/h2-5,12H,6-11H2,1H3,(H,23,24). The van der Waals surface area contributed by atoms with Crippen LogP contribution in [0.4, 0.5) is 0 Å². The summed E-state index contributed by atoms with van der Waals surface area (Å²) in [5.74, 6) is -0.170. The molecule has 2 aromatic rings. The largest absolute Gasteiger partial charge is 0.497 e. The van der Waals surface area contributed by atoms with Crippen molar-refractivity contribution in [3.05, 3.63) is 51.2 Å². The van der Waals surface area contributed by atoms with Crippen LogP contribution in [0.25, 0.3) is 0 Å². The zero-order chi connectivity index (χ0) is 19.0. The highest BCUT2D eigenvalue weighted by Crippen LogP contribution is 2.45. The van der Waals surface area contributed by atoms with Crippen molar-refractivity contribution >= 4 is 23.2 Å². The molecule has 1 aromatic heterocycles. The zero-order valence-electron chi connectivity index (χ0n) is 15.1. The maximum atomic E-state index is 12.8. The minimum atomic E-state index is -0.892. The summed E-state index contributed by atoms with van der Waals surface area (Å²) in [4.78, 5) is 27.4. The first-order valence-corrected chi connectivity index (χ1v) is 9.78. The average Bonchev–Trinajstić information content (AvgIpc) is 3.15. The second kappa shape index (κ2) is 6.98. The van der Waals surface area contributed by atoms with Crippen LogP contribution in [0.1, 0.15) is 43.3 Å². The van der Waals surface area contributed by atoms with E-state index < -0.39 is 11.6 Å². The molecule has 1 aromatic carbocycles. The first-order chi connectivity index (χ1) is 13.0. The van der Waals surface area contributed by atoms with Crippen LogP contribution in [-0.2, 0) is 16.8 Å². The number of benzene rings is 1. The summed E-state index contributed by atoms with van der Waals surface area (Å²) in [5.41, 5.74) is 1.27. The van der Waals surface area contributed by atoms with Crippen LogP contribution in [-0.4, -0.2) is 48.7 Å². The number of piperidine rings is 1. The number of carboxylic acids is 1. The summed E-state index contributed by atoms with van der Waals surface area (Å²) >= 11 is 1.32. The van der Waals surface area contributed by atoms with E-state index in [0.29, 0.717) is 43.0 Å². The van der Waals surface area contributed by atoms with E-state index in [4.69, 9.17) is 9.47 Å².